The maximum atomic E-state index is 11.0. The number of rotatable bonds is 40. The Kier molecular flexibility index (Phi) is 44.9. The van der Waals surface area contributed by atoms with Gasteiger partial charge in [-0.1, -0.05) is 219 Å². The van der Waals surface area contributed by atoms with Gasteiger partial charge in [-0.05, 0) is 45.7 Å². The van der Waals surface area contributed by atoms with Crippen molar-refractivity contribution in [3.05, 3.63) is 0 Å². The van der Waals surface area contributed by atoms with Crippen LogP contribution in [0.15, 0.2) is 0 Å². The van der Waals surface area contributed by atoms with Crippen molar-refractivity contribution in [3.63, 3.8) is 0 Å². The Morgan fingerprint density at radius 3 is 0.851 bits per heavy atom. The minimum absolute atomic E-state index is 0. The van der Waals surface area contributed by atoms with Gasteiger partial charge in [0.2, 0.25) is 0 Å². The number of aliphatic carboxylic acids is 1. The first-order valence-electron chi connectivity index (χ1n) is 21.6. The van der Waals surface area contributed by atoms with E-state index in [2.05, 4.69) is 25.7 Å². The van der Waals surface area contributed by atoms with E-state index in [0.717, 1.165) is 19.5 Å². The van der Waals surface area contributed by atoms with Gasteiger partial charge in [-0.25, -0.2) is 0 Å². The molecule has 0 aromatic carbocycles. The van der Waals surface area contributed by atoms with Crippen LogP contribution in [0.1, 0.15) is 252 Å². The standard InChI is InChI=1S/C43H87NO2.Na/c1-4-6-8-10-12-14-16-18-20-22-24-26-28-30-32-34-36-40-44(42(3)38-39-43(45)46)41-37-35-33-31-29-27-25-23-21-19-17-15-13-11-9-7-5-2;/h42H,4-41H2,1-3H3,(H,45,46);/q;+1/p-1. The number of carbonyl (C=O) groups excluding carboxylic acids is 1. The van der Waals surface area contributed by atoms with Crippen LogP contribution < -0.4 is 34.7 Å². The summed E-state index contributed by atoms with van der Waals surface area (Å²) in [6.07, 6.45) is 48.8. The molecule has 1 atom stereocenters. The van der Waals surface area contributed by atoms with Crippen LogP contribution in [0.5, 0.6) is 0 Å². The van der Waals surface area contributed by atoms with Gasteiger partial charge in [0.05, 0.1) is 0 Å². The van der Waals surface area contributed by atoms with Gasteiger partial charge in [-0.15, -0.1) is 0 Å². The largest absolute Gasteiger partial charge is 1.00 e. The second kappa shape index (κ2) is 42.6. The molecule has 0 bridgehead atoms. The van der Waals surface area contributed by atoms with E-state index in [0.29, 0.717) is 6.04 Å². The van der Waals surface area contributed by atoms with E-state index in [4.69, 9.17) is 0 Å². The Morgan fingerprint density at radius 2 is 0.638 bits per heavy atom. The number of carboxylic acid groups (broad SMARTS) is 1. The van der Waals surface area contributed by atoms with Crippen LogP contribution in [0.4, 0.5) is 0 Å². The number of carboxylic acids is 1. The topological polar surface area (TPSA) is 43.4 Å². The van der Waals surface area contributed by atoms with E-state index in [1.807, 2.05) is 0 Å². The maximum absolute atomic E-state index is 11.0. The summed E-state index contributed by atoms with van der Waals surface area (Å²) in [5.74, 6) is -0.901. The van der Waals surface area contributed by atoms with Crippen LogP contribution in [0.2, 0.25) is 0 Å². The maximum Gasteiger partial charge on any atom is 1.00 e. The molecule has 0 aliphatic rings. The molecular formula is C43H86NNaO2. The fraction of sp³-hybridized carbons (Fsp3) is 0.977. The van der Waals surface area contributed by atoms with Crippen LogP contribution >= 0.6 is 0 Å². The molecule has 0 radical (unpaired) electrons. The van der Waals surface area contributed by atoms with Crippen molar-refractivity contribution in [1.29, 1.82) is 0 Å². The third kappa shape index (κ3) is 40.7. The summed E-state index contributed by atoms with van der Waals surface area (Å²) in [7, 11) is 0. The van der Waals surface area contributed by atoms with Crippen molar-refractivity contribution < 1.29 is 39.5 Å². The molecule has 0 rings (SSSR count). The molecule has 276 valence electrons. The van der Waals surface area contributed by atoms with Gasteiger partial charge in [0, 0.05) is 12.0 Å². The second-order valence-corrected chi connectivity index (χ2v) is 15.1. The summed E-state index contributed by atoms with van der Waals surface area (Å²) in [5.41, 5.74) is 0. The monoisotopic (exact) mass is 672 g/mol. The normalized spacial score (nSPS) is 12.1. The fourth-order valence-corrected chi connectivity index (χ4v) is 7.14. The molecule has 0 fully saturated rings. The SMILES string of the molecule is CCCCCCCCCCCCCCCCCCCN(CCCCCCCCCCCCCCCCCCC)C(C)CCC(=O)[O-].[Na+]. The summed E-state index contributed by atoms with van der Waals surface area (Å²) in [6.45, 7) is 9.08. The summed E-state index contributed by atoms with van der Waals surface area (Å²) >= 11 is 0. The van der Waals surface area contributed by atoms with Crippen LogP contribution in [-0.2, 0) is 4.79 Å². The second-order valence-electron chi connectivity index (χ2n) is 15.1. The molecule has 0 saturated heterocycles. The molecule has 0 spiro atoms. The van der Waals surface area contributed by atoms with Crippen molar-refractivity contribution in [2.24, 2.45) is 0 Å². The van der Waals surface area contributed by atoms with Gasteiger partial charge in [0.25, 0.3) is 0 Å². The molecule has 0 heterocycles. The molecule has 0 aliphatic carbocycles. The first-order valence-corrected chi connectivity index (χ1v) is 21.6. The first-order chi connectivity index (χ1) is 22.6. The molecule has 0 aromatic heterocycles. The van der Waals surface area contributed by atoms with Crippen LogP contribution in [0, 0.1) is 0 Å². The fourth-order valence-electron chi connectivity index (χ4n) is 7.14. The average molecular weight is 672 g/mol. The zero-order valence-electron chi connectivity index (χ0n) is 33.2. The zero-order chi connectivity index (χ0) is 33.6. The summed E-state index contributed by atoms with van der Waals surface area (Å²) in [4.78, 5) is 13.6. The Bertz CT molecular complexity index is 548. The predicted octanol–water partition coefficient (Wildman–Crippen LogP) is 10.5. The van der Waals surface area contributed by atoms with Gasteiger partial charge in [0.15, 0.2) is 0 Å². The van der Waals surface area contributed by atoms with E-state index < -0.39 is 5.97 Å². The number of nitrogens with zero attached hydrogens (tertiary/aromatic N) is 1. The average Bonchev–Trinajstić information content (AvgIpc) is 3.05. The van der Waals surface area contributed by atoms with Gasteiger partial charge >= 0.3 is 29.6 Å². The summed E-state index contributed by atoms with van der Waals surface area (Å²) in [6, 6.07) is 0.347. The minimum atomic E-state index is -0.901. The van der Waals surface area contributed by atoms with Crippen molar-refractivity contribution >= 4 is 5.97 Å². The molecule has 4 heteroatoms. The molecular weight excluding hydrogens is 585 g/mol. The number of carbonyl (C=O) groups is 1. The van der Waals surface area contributed by atoms with Crippen molar-refractivity contribution in [3.8, 4) is 0 Å². The van der Waals surface area contributed by atoms with Crippen molar-refractivity contribution in [2.75, 3.05) is 13.1 Å². The molecule has 0 amide bonds. The van der Waals surface area contributed by atoms with Gasteiger partial charge in [-0.2, -0.15) is 0 Å². The third-order valence-corrected chi connectivity index (χ3v) is 10.5. The molecule has 47 heavy (non-hydrogen) atoms. The van der Waals surface area contributed by atoms with E-state index in [-0.39, 0.29) is 36.0 Å². The molecule has 3 nitrogen and oxygen atoms in total. The van der Waals surface area contributed by atoms with Crippen LogP contribution in [0.25, 0.3) is 0 Å². The molecule has 0 N–H and O–H groups in total. The number of hydrogen-bond acceptors (Lipinski definition) is 3. The molecule has 0 aliphatic heterocycles. The Labute approximate surface area is 319 Å². The van der Waals surface area contributed by atoms with Gasteiger partial charge in [0.1, 0.15) is 0 Å². The van der Waals surface area contributed by atoms with E-state index >= 15 is 0 Å². The van der Waals surface area contributed by atoms with Gasteiger partial charge in [-0.3, -0.25) is 0 Å². The van der Waals surface area contributed by atoms with E-state index in [1.165, 1.54) is 218 Å². The summed E-state index contributed by atoms with van der Waals surface area (Å²) in [5, 5.41) is 11.0. The number of unbranched alkanes of at least 4 members (excludes halogenated alkanes) is 32. The minimum Gasteiger partial charge on any atom is -0.550 e. The quantitative estimate of drug-likeness (QED) is 0.0481. The van der Waals surface area contributed by atoms with Crippen LogP contribution in [0.3, 0.4) is 0 Å². The van der Waals surface area contributed by atoms with Gasteiger partial charge < -0.3 is 14.8 Å². The first kappa shape index (κ1) is 49.5. The predicted molar refractivity (Wildman–Crippen MR) is 204 cm³/mol. The smallest absolute Gasteiger partial charge is 0.550 e. The number of hydrogen-bond donors (Lipinski definition) is 0. The Morgan fingerprint density at radius 1 is 0.426 bits per heavy atom. The third-order valence-electron chi connectivity index (χ3n) is 10.5. The zero-order valence-corrected chi connectivity index (χ0v) is 35.2. The molecule has 0 aromatic rings. The Hall–Kier alpha value is 0.430. The Balaban J connectivity index is 0. The van der Waals surface area contributed by atoms with E-state index in [1.54, 1.807) is 0 Å². The summed E-state index contributed by atoms with van der Waals surface area (Å²) < 4.78 is 0. The van der Waals surface area contributed by atoms with Crippen molar-refractivity contribution in [2.45, 2.75) is 258 Å². The molecule has 0 saturated carbocycles. The molecule has 1 unspecified atom stereocenters. The van der Waals surface area contributed by atoms with Crippen LogP contribution in [-0.4, -0.2) is 30.0 Å². The van der Waals surface area contributed by atoms with Crippen molar-refractivity contribution in [1.82, 2.24) is 4.90 Å². The van der Waals surface area contributed by atoms with E-state index in [9.17, 15) is 9.90 Å².